The molecule has 8 nitrogen and oxygen atoms in total. The van der Waals surface area contributed by atoms with Crippen molar-refractivity contribution in [3.8, 4) is 0 Å². The number of nitrogens with zero attached hydrogens (tertiary/aromatic N) is 2. The van der Waals surface area contributed by atoms with Crippen molar-refractivity contribution in [2.75, 3.05) is 34.4 Å². The number of ether oxygens (including phenoxy) is 1. The Morgan fingerprint density at radius 2 is 1.66 bits per heavy atom. The first-order chi connectivity index (χ1) is 16.5. The molecule has 2 aromatic rings. The van der Waals surface area contributed by atoms with Gasteiger partial charge in [0.1, 0.15) is 5.76 Å². The molecule has 1 heterocycles. The number of amides is 1. The lowest BCUT2D eigenvalue weighted by Crippen LogP contribution is -2.31. The van der Waals surface area contributed by atoms with Crippen molar-refractivity contribution in [3.63, 3.8) is 0 Å². The molecule has 1 saturated heterocycles. The molecule has 188 valence electrons. The lowest BCUT2D eigenvalue weighted by atomic mass is 9.93. The maximum absolute atomic E-state index is 13.1. The molecular formula is C26H32N2O6S. The first kappa shape index (κ1) is 26.6. The summed E-state index contributed by atoms with van der Waals surface area (Å²) in [6.45, 7) is 4.85. The summed E-state index contributed by atoms with van der Waals surface area (Å²) >= 11 is 0. The third-order valence-corrected chi connectivity index (χ3v) is 7.94. The van der Waals surface area contributed by atoms with Gasteiger partial charge in [0.05, 0.1) is 16.5 Å². The Hall–Kier alpha value is -3.01. The van der Waals surface area contributed by atoms with Crippen molar-refractivity contribution in [1.82, 2.24) is 9.21 Å². The number of hydrogen-bond acceptors (Lipinski definition) is 6. The smallest absolute Gasteiger partial charge is 0.295 e. The summed E-state index contributed by atoms with van der Waals surface area (Å²) < 4.78 is 31.0. The van der Waals surface area contributed by atoms with Crippen molar-refractivity contribution >= 4 is 27.5 Å². The molecule has 9 heteroatoms. The summed E-state index contributed by atoms with van der Waals surface area (Å²) in [6, 6.07) is 12.5. The summed E-state index contributed by atoms with van der Waals surface area (Å²) in [5.41, 5.74) is 2.05. The Balaban J connectivity index is 2.10. The monoisotopic (exact) mass is 500 g/mol. The van der Waals surface area contributed by atoms with Crippen LogP contribution in [0, 0.1) is 0 Å². The quantitative estimate of drug-likeness (QED) is 0.245. The van der Waals surface area contributed by atoms with E-state index in [9.17, 15) is 23.1 Å². The van der Waals surface area contributed by atoms with Gasteiger partial charge in [-0.1, -0.05) is 38.1 Å². The molecule has 1 aliphatic rings. The Kier molecular flexibility index (Phi) is 8.15. The number of benzene rings is 2. The van der Waals surface area contributed by atoms with E-state index < -0.39 is 27.8 Å². The zero-order valence-corrected chi connectivity index (χ0v) is 21.5. The number of hydrogen-bond donors (Lipinski definition) is 1. The van der Waals surface area contributed by atoms with Crippen LogP contribution in [0.15, 0.2) is 59.0 Å². The predicted octanol–water partition coefficient (Wildman–Crippen LogP) is 3.52. The van der Waals surface area contributed by atoms with Gasteiger partial charge in [0.15, 0.2) is 0 Å². The molecule has 0 unspecified atom stereocenters. The third kappa shape index (κ3) is 5.32. The van der Waals surface area contributed by atoms with Gasteiger partial charge in [0.25, 0.3) is 11.7 Å². The Bertz CT molecular complexity index is 1220. The number of rotatable bonds is 9. The van der Waals surface area contributed by atoms with E-state index in [1.54, 1.807) is 7.11 Å². The van der Waals surface area contributed by atoms with E-state index in [0.29, 0.717) is 24.5 Å². The van der Waals surface area contributed by atoms with Crippen LogP contribution in [0.5, 0.6) is 0 Å². The second kappa shape index (κ2) is 10.7. The highest BCUT2D eigenvalue weighted by molar-refractivity contribution is 7.89. The fourth-order valence-electron chi connectivity index (χ4n) is 4.05. The molecule has 0 saturated carbocycles. The molecule has 1 fully saturated rings. The number of aliphatic hydroxyl groups is 1. The Morgan fingerprint density at radius 3 is 2.17 bits per heavy atom. The second-order valence-electron chi connectivity index (χ2n) is 8.97. The minimum Gasteiger partial charge on any atom is -0.507 e. The number of carbonyl (C=O) groups is 2. The van der Waals surface area contributed by atoms with Gasteiger partial charge in [0, 0.05) is 39.9 Å². The average molecular weight is 501 g/mol. The molecule has 1 atom stereocenters. The van der Waals surface area contributed by atoms with Crippen LogP contribution in [0.4, 0.5) is 0 Å². The molecule has 0 radical (unpaired) electrons. The molecular weight excluding hydrogens is 468 g/mol. The zero-order chi connectivity index (χ0) is 25.9. The summed E-state index contributed by atoms with van der Waals surface area (Å²) in [7, 11) is 0.775. The van der Waals surface area contributed by atoms with Crippen LogP contribution in [0.25, 0.3) is 5.76 Å². The maximum Gasteiger partial charge on any atom is 0.295 e. The van der Waals surface area contributed by atoms with E-state index in [4.69, 9.17) is 4.74 Å². The van der Waals surface area contributed by atoms with Gasteiger partial charge in [-0.3, -0.25) is 9.59 Å². The maximum atomic E-state index is 13.1. The third-order valence-electron chi connectivity index (χ3n) is 6.11. The van der Waals surface area contributed by atoms with Crippen LogP contribution in [-0.4, -0.2) is 68.8 Å². The molecule has 0 aliphatic carbocycles. The number of ketones is 1. The van der Waals surface area contributed by atoms with Gasteiger partial charge in [-0.05, 0) is 47.7 Å². The molecule has 0 spiro atoms. The lowest BCUT2D eigenvalue weighted by molar-refractivity contribution is -0.140. The molecule has 0 bridgehead atoms. The molecule has 1 amide bonds. The van der Waals surface area contributed by atoms with E-state index in [2.05, 4.69) is 13.8 Å². The van der Waals surface area contributed by atoms with Crippen molar-refractivity contribution < 1.29 is 27.9 Å². The van der Waals surface area contributed by atoms with Gasteiger partial charge < -0.3 is 14.7 Å². The number of methoxy groups -OCH3 is 1. The Morgan fingerprint density at radius 1 is 1.06 bits per heavy atom. The number of Topliss-reactive ketones (excluding diaryl/α,β-unsaturated/α-hetero) is 1. The minimum atomic E-state index is -3.65. The van der Waals surface area contributed by atoms with Gasteiger partial charge in [-0.2, -0.15) is 0 Å². The normalized spacial score (nSPS) is 18.1. The molecule has 3 rings (SSSR count). The van der Waals surface area contributed by atoms with Crippen LogP contribution in [0.1, 0.15) is 48.9 Å². The van der Waals surface area contributed by atoms with Gasteiger partial charge in [-0.25, -0.2) is 12.7 Å². The van der Waals surface area contributed by atoms with Crippen LogP contribution in [0.3, 0.4) is 0 Å². The van der Waals surface area contributed by atoms with Crippen molar-refractivity contribution in [2.24, 2.45) is 0 Å². The highest BCUT2D eigenvalue weighted by Gasteiger charge is 2.45. The largest absolute Gasteiger partial charge is 0.507 e. The fourth-order valence-corrected chi connectivity index (χ4v) is 4.95. The summed E-state index contributed by atoms with van der Waals surface area (Å²) in [6.07, 6.45) is 0.529. The summed E-state index contributed by atoms with van der Waals surface area (Å²) in [4.78, 5) is 27.6. The topological polar surface area (TPSA) is 104 Å². The molecule has 2 aromatic carbocycles. The standard InChI is InChI=1S/C26H32N2O6S/c1-17(2)18-7-9-19(10-8-18)23-22(25(30)26(31)28(23)15-6-16-34-5)24(29)20-11-13-21(14-12-20)35(32,33)27(3)4/h7-14,17,23,29H,6,15-16H2,1-5H3/b24-22+/t23-/m0/s1. The number of likely N-dealkylation sites (tertiary alicyclic amines) is 1. The predicted molar refractivity (Wildman–Crippen MR) is 133 cm³/mol. The SMILES string of the molecule is COCCCN1C(=O)C(=O)/C(=C(/O)c2ccc(S(=O)(=O)N(C)C)cc2)[C@@H]1c1ccc(C(C)C)cc1. The first-order valence-electron chi connectivity index (χ1n) is 11.4. The summed E-state index contributed by atoms with van der Waals surface area (Å²) in [5.74, 6) is -1.49. The highest BCUT2D eigenvalue weighted by Crippen LogP contribution is 2.40. The van der Waals surface area contributed by atoms with E-state index in [1.165, 1.54) is 43.3 Å². The van der Waals surface area contributed by atoms with E-state index in [1.807, 2.05) is 24.3 Å². The van der Waals surface area contributed by atoms with Crippen LogP contribution in [0.2, 0.25) is 0 Å². The van der Waals surface area contributed by atoms with E-state index >= 15 is 0 Å². The van der Waals surface area contributed by atoms with Crippen molar-refractivity contribution in [2.45, 2.75) is 37.1 Å². The molecule has 35 heavy (non-hydrogen) atoms. The zero-order valence-electron chi connectivity index (χ0n) is 20.7. The average Bonchev–Trinajstić information content (AvgIpc) is 3.08. The van der Waals surface area contributed by atoms with E-state index in [-0.39, 0.29) is 28.3 Å². The number of sulfonamides is 1. The number of carbonyl (C=O) groups excluding carboxylic acids is 2. The summed E-state index contributed by atoms with van der Waals surface area (Å²) in [5, 5.41) is 11.2. The van der Waals surface area contributed by atoms with Gasteiger partial charge in [-0.15, -0.1) is 0 Å². The molecule has 1 N–H and O–H groups in total. The van der Waals surface area contributed by atoms with Crippen LogP contribution >= 0.6 is 0 Å². The first-order valence-corrected chi connectivity index (χ1v) is 12.8. The molecule has 1 aliphatic heterocycles. The lowest BCUT2D eigenvalue weighted by Gasteiger charge is -2.25. The number of aliphatic hydroxyl groups excluding tert-OH is 1. The van der Waals surface area contributed by atoms with Crippen molar-refractivity contribution in [3.05, 3.63) is 70.8 Å². The second-order valence-corrected chi connectivity index (χ2v) is 11.1. The van der Waals surface area contributed by atoms with Crippen molar-refractivity contribution in [1.29, 1.82) is 0 Å². The van der Waals surface area contributed by atoms with Crippen LogP contribution in [-0.2, 0) is 24.3 Å². The minimum absolute atomic E-state index is 0.0204. The van der Waals surface area contributed by atoms with Gasteiger partial charge >= 0.3 is 0 Å². The Labute approximate surface area is 206 Å². The fraction of sp³-hybridized carbons (Fsp3) is 0.385. The van der Waals surface area contributed by atoms with E-state index in [0.717, 1.165) is 9.87 Å². The molecule has 0 aromatic heterocycles. The van der Waals surface area contributed by atoms with Crippen LogP contribution < -0.4 is 0 Å². The highest BCUT2D eigenvalue weighted by atomic mass is 32.2. The van der Waals surface area contributed by atoms with Gasteiger partial charge in [0.2, 0.25) is 10.0 Å².